The van der Waals surface area contributed by atoms with Gasteiger partial charge in [-0.3, -0.25) is 0 Å². The van der Waals surface area contributed by atoms with Gasteiger partial charge in [0, 0.05) is 12.4 Å². The average molecular weight is 112 g/mol. The van der Waals surface area contributed by atoms with Crippen LogP contribution < -0.4 is 0 Å². The molecule has 3 heteroatoms. The van der Waals surface area contributed by atoms with E-state index in [0.717, 1.165) is 13.2 Å². The first-order valence-corrected chi connectivity index (χ1v) is 2.50. The van der Waals surface area contributed by atoms with Gasteiger partial charge in [-0.1, -0.05) is 0 Å². The smallest absolute Gasteiger partial charge is 0.0919 e. The maximum Gasteiger partial charge on any atom is 0.0919 e. The number of hydrogen-bond acceptors (Lipinski definition) is 2. The highest BCUT2D eigenvalue weighted by atomic mass is 16.6. The Balaban J connectivity index is 0.0000000907. The van der Waals surface area contributed by atoms with E-state index in [9.17, 15) is 0 Å². The monoisotopic (exact) mass is 112 g/mol. The quantitative estimate of drug-likeness (QED) is 0.494. The zero-order chi connectivity index (χ0) is 5.66. The van der Waals surface area contributed by atoms with Gasteiger partial charge >= 0.3 is 0 Å². The molecule has 0 aliphatic carbocycles. The fourth-order valence-electron chi connectivity index (χ4n) is 0.215. The Morgan fingerprint density at radius 1 is 1.50 bits per heavy atom. The van der Waals surface area contributed by atoms with Crippen LogP contribution >= 0.6 is 0 Å². The van der Waals surface area contributed by atoms with E-state index in [1.165, 1.54) is 0 Å². The summed E-state index contributed by atoms with van der Waals surface area (Å²) in [7, 11) is 0. The average Bonchev–Trinajstić information content (AvgIpc) is 2.55. The van der Waals surface area contributed by atoms with E-state index in [0.29, 0.717) is 0 Å². The van der Waals surface area contributed by atoms with Crippen LogP contribution in [0, 0.1) is 0 Å². The van der Waals surface area contributed by atoms with Crippen molar-refractivity contribution in [1.29, 1.82) is 0 Å². The number of rotatable bonds is 0. The van der Waals surface area contributed by atoms with Crippen LogP contribution in [0.15, 0.2) is 18.7 Å². The molecule has 1 fully saturated rings. The number of nitrogens with zero attached hydrogens (tertiary/aromatic N) is 1. The predicted molar refractivity (Wildman–Crippen MR) is 29.4 cm³/mol. The van der Waals surface area contributed by atoms with Crippen molar-refractivity contribution in [2.24, 2.45) is 0 Å². The lowest BCUT2D eigenvalue weighted by Crippen LogP contribution is -1.44. The van der Waals surface area contributed by atoms with Crippen molar-refractivity contribution in [2.75, 3.05) is 13.2 Å². The SMILES string of the molecule is C1CO1.c1c[nH]cn1. The molecule has 1 aromatic rings. The molecule has 0 unspecified atom stereocenters. The minimum atomic E-state index is 1.00. The van der Waals surface area contributed by atoms with E-state index in [4.69, 9.17) is 0 Å². The Kier molecular flexibility index (Phi) is 2.13. The molecule has 1 saturated heterocycles. The van der Waals surface area contributed by atoms with Gasteiger partial charge in [0.25, 0.3) is 0 Å². The van der Waals surface area contributed by atoms with Crippen molar-refractivity contribution in [2.45, 2.75) is 0 Å². The summed E-state index contributed by atoms with van der Waals surface area (Å²) in [6.45, 7) is 2.00. The van der Waals surface area contributed by atoms with Crippen LogP contribution in [-0.2, 0) is 4.74 Å². The Morgan fingerprint density at radius 3 is 2.38 bits per heavy atom. The summed E-state index contributed by atoms with van der Waals surface area (Å²) < 4.78 is 4.50. The number of hydrogen-bond donors (Lipinski definition) is 1. The van der Waals surface area contributed by atoms with Crippen molar-refractivity contribution in [3.8, 4) is 0 Å². The third kappa shape index (κ3) is 3.36. The zero-order valence-corrected chi connectivity index (χ0v) is 4.50. The number of nitrogens with one attached hydrogen (secondary N) is 1. The van der Waals surface area contributed by atoms with Crippen molar-refractivity contribution >= 4 is 0 Å². The van der Waals surface area contributed by atoms with Crippen LogP contribution in [0.1, 0.15) is 0 Å². The Hall–Kier alpha value is -0.830. The summed E-state index contributed by atoms with van der Waals surface area (Å²) in [5, 5.41) is 0. The summed E-state index contributed by atoms with van der Waals surface area (Å²) >= 11 is 0. The van der Waals surface area contributed by atoms with Gasteiger partial charge in [0.05, 0.1) is 19.5 Å². The highest BCUT2D eigenvalue weighted by Gasteiger charge is 1.94. The number of epoxide rings is 1. The molecule has 0 amide bonds. The van der Waals surface area contributed by atoms with Gasteiger partial charge in [0.1, 0.15) is 0 Å². The second kappa shape index (κ2) is 3.21. The first-order chi connectivity index (χ1) is 4.00. The lowest BCUT2D eigenvalue weighted by Gasteiger charge is -1.46. The normalized spacial score (nSPS) is 14.0. The summed E-state index contributed by atoms with van der Waals surface area (Å²) in [5.74, 6) is 0. The molecule has 1 aliphatic heterocycles. The molecule has 0 bridgehead atoms. The molecule has 2 rings (SSSR count). The molecule has 2 heterocycles. The zero-order valence-electron chi connectivity index (χ0n) is 4.50. The van der Waals surface area contributed by atoms with E-state index >= 15 is 0 Å². The topological polar surface area (TPSA) is 41.2 Å². The van der Waals surface area contributed by atoms with Crippen molar-refractivity contribution in [1.82, 2.24) is 9.97 Å². The fourth-order valence-corrected chi connectivity index (χ4v) is 0.215. The molecule has 0 atom stereocenters. The van der Waals surface area contributed by atoms with Gasteiger partial charge in [-0.2, -0.15) is 0 Å². The first kappa shape index (κ1) is 5.31. The summed E-state index contributed by atoms with van der Waals surface area (Å²) in [5.41, 5.74) is 0. The molecule has 3 nitrogen and oxygen atoms in total. The summed E-state index contributed by atoms with van der Waals surface area (Å²) in [6.07, 6.45) is 5.08. The van der Waals surface area contributed by atoms with Crippen molar-refractivity contribution < 1.29 is 4.74 Å². The third-order valence-electron chi connectivity index (χ3n) is 0.610. The van der Waals surface area contributed by atoms with Crippen LogP contribution in [0.25, 0.3) is 0 Å². The van der Waals surface area contributed by atoms with Crippen LogP contribution in [0.5, 0.6) is 0 Å². The molecule has 0 spiro atoms. The van der Waals surface area contributed by atoms with Crippen LogP contribution in [-0.4, -0.2) is 23.2 Å². The molecule has 0 radical (unpaired) electrons. The standard InChI is InChI=1S/C3H4N2.C2H4O/c1-2-5-3-4-1;1-2-3-1/h1-3H,(H,4,5);1-2H2. The number of aromatic nitrogens is 2. The molecular weight excluding hydrogens is 104 g/mol. The molecule has 8 heavy (non-hydrogen) atoms. The lowest BCUT2D eigenvalue weighted by molar-refractivity contribution is 0.475. The van der Waals surface area contributed by atoms with Crippen LogP contribution in [0.2, 0.25) is 0 Å². The lowest BCUT2D eigenvalue weighted by atomic mass is 11.0. The molecule has 1 N–H and O–H groups in total. The van der Waals surface area contributed by atoms with Crippen LogP contribution in [0.4, 0.5) is 0 Å². The molecular formula is C5H8N2O. The number of ether oxygens (including phenoxy) is 1. The maximum absolute atomic E-state index is 4.50. The van der Waals surface area contributed by atoms with Crippen LogP contribution in [0.3, 0.4) is 0 Å². The van der Waals surface area contributed by atoms with Gasteiger partial charge in [-0.05, 0) is 0 Å². The van der Waals surface area contributed by atoms with E-state index in [-0.39, 0.29) is 0 Å². The Bertz CT molecular complexity index is 94.0. The minimum Gasteiger partial charge on any atom is -0.377 e. The predicted octanol–water partition coefficient (Wildman–Crippen LogP) is 0.426. The number of imidazole rings is 1. The van der Waals surface area contributed by atoms with E-state index in [2.05, 4.69) is 14.7 Å². The Labute approximate surface area is 47.7 Å². The van der Waals surface area contributed by atoms with Gasteiger partial charge in [-0.15, -0.1) is 0 Å². The second-order valence-corrected chi connectivity index (χ2v) is 1.37. The van der Waals surface area contributed by atoms with Crippen molar-refractivity contribution in [3.05, 3.63) is 18.7 Å². The minimum absolute atomic E-state index is 1.00. The Morgan fingerprint density at radius 2 is 2.25 bits per heavy atom. The number of aromatic amines is 1. The largest absolute Gasteiger partial charge is 0.377 e. The number of H-pyrrole nitrogens is 1. The van der Waals surface area contributed by atoms with E-state index < -0.39 is 0 Å². The molecule has 1 aliphatic rings. The van der Waals surface area contributed by atoms with E-state index in [1.807, 2.05) is 0 Å². The van der Waals surface area contributed by atoms with Crippen molar-refractivity contribution in [3.63, 3.8) is 0 Å². The maximum atomic E-state index is 4.50. The van der Waals surface area contributed by atoms with Gasteiger partial charge in [-0.25, -0.2) is 4.98 Å². The summed E-state index contributed by atoms with van der Waals surface area (Å²) in [4.78, 5) is 6.42. The van der Waals surface area contributed by atoms with Gasteiger partial charge < -0.3 is 9.72 Å². The molecule has 44 valence electrons. The highest BCUT2D eigenvalue weighted by Crippen LogP contribution is 1.84. The molecule has 0 aromatic carbocycles. The third-order valence-corrected chi connectivity index (χ3v) is 0.610. The second-order valence-electron chi connectivity index (χ2n) is 1.37. The molecule has 0 saturated carbocycles. The molecule has 1 aromatic heterocycles. The summed E-state index contributed by atoms with van der Waals surface area (Å²) in [6, 6.07) is 0. The van der Waals surface area contributed by atoms with E-state index in [1.54, 1.807) is 18.7 Å². The fraction of sp³-hybridized carbons (Fsp3) is 0.400. The van der Waals surface area contributed by atoms with Gasteiger partial charge in [0.2, 0.25) is 0 Å². The van der Waals surface area contributed by atoms with Gasteiger partial charge in [0.15, 0.2) is 0 Å². The highest BCUT2D eigenvalue weighted by molar-refractivity contribution is 4.64. The first-order valence-electron chi connectivity index (χ1n) is 2.50.